The van der Waals surface area contributed by atoms with Gasteiger partial charge < -0.3 is 14.2 Å². The first-order valence-corrected chi connectivity index (χ1v) is 22.7. The molecule has 18 heteroatoms. The Morgan fingerprint density at radius 3 is 2.39 bits per heavy atom. The Bertz CT molecular complexity index is 3490. The van der Waals surface area contributed by atoms with Gasteiger partial charge in [0.1, 0.15) is 28.6 Å². The van der Waals surface area contributed by atoms with Gasteiger partial charge in [0.05, 0.1) is 46.2 Å². The molecular weight excluding hydrogens is 866 g/mol. The molecule has 0 spiro atoms. The van der Waals surface area contributed by atoms with E-state index in [1.165, 1.54) is 43.2 Å². The van der Waals surface area contributed by atoms with Crippen LogP contribution in [0.2, 0.25) is 0 Å². The van der Waals surface area contributed by atoms with Crippen LogP contribution in [0.5, 0.6) is 0 Å². The number of hydrogen-bond acceptors (Lipinski definition) is 8. The summed E-state index contributed by atoms with van der Waals surface area (Å²) in [4.78, 5) is 47.4. The van der Waals surface area contributed by atoms with E-state index in [1.54, 1.807) is 44.0 Å². The van der Waals surface area contributed by atoms with Crippen molar-refractivity contribution in [3.8, 4) is 17.2 Å². The molecule has 3 aliphatic heterocycles. The SMILES string of the molecule is Cc1cc(-n2nc3c(c2-n2ccn(-c4ccc5c(cnn5C)c4F)c2=O)C2CCC([C@@H]3F)N2C(=O)c2cc3cc([C@H]4CCOC(C)(C)C4)ccc3n2[C@@]2(c3noc(=O)[nH]3)C[C@@H]2C)cc(C)c1F. The number of fused-ring (bicyclic) bond motifs is 6. The van der Waals surface area contributed by atoms with E-state index in [4.69, 9.17) is 14.4 Å². The molecule has 15 nitrogen and oxygen atoms in total. The number of nitrogens with zero attached hydrogens (tertiary/aromatic N) is 9. The summed E-state index contributed by atoms with van der Waals surface area (Å²) >= 11 is 0. The number of alkyl halides is 1. The lowest BCUT2D eigenvalue weighted by Gasteiger charge is -2.37. The van der Waals surface area contributed by atoms with Crippen molar-refractivity contribution in [3.05, 3.63) is 139 Å². The molecule has 2 unspecified atom stereocenters. The standard InChI is InChI=1S/C49H47F3N10O5/c1-24-17-30(18-25(2)39(24)50)62-43(59-15-14-58(47(59)65)35-11-9-33-31(40(35)51)23-53-57(33)6)38-34-10-12-36(41(52)42(38)55-62)60(34)44(63)37-20-29-19-27(28-13-16-66-48(4,5)22-28)7-8-32(29)61(37)49(21-26(49)3)45-54-46(64)67-56-45/h7-9,11,14-15,17-20,23,26,28,34,36,41H,10,12-13,16,21-22H2,1-6H3,(H,54,56,64)/t26-,28-,34?,36?,41-,49-/m0/s1. The van der Waals surface area contributed by atoms with Gasteiger partial charge in [0, 0.05) is 42.5 Å². The molecule has 12 rings (SSSR count). The van der Waals surface area contributed by atoms with Gasteiger partial charge in [0.15, 0.2) is 17.8 Å². The van der Waals surface area contributed by atoms with Gasteiger partial charge in [-0.05, 0) is 131 Å². The highest BCUT2D eigenvalue weighted by Crippen LogP contribution is 2.57. The number of H-pyrrole nitrogens is 1. The summed E-state index contributed by atoms with van der Waals surface area (Å²) < 4.78 is 67.5. The third kappa shape index (κ3) is 5.93. The molecule has 344 valence electrons. The number of hydrogen-bond donors (Lipinski definition) is 1. The van der Waals surface area contributed by atoms with Crippen molar-refractivity contribution in [1.29, 1.82) is 0 Å². The smallest absolute Gasteiger partial charge is 0.376 e. The van der Waals surface area contributed by atoms with Crippen LogP contribution in [0.3, 0.4) is 0 Å². The number of carbonyl (C=O) groups excluding carboxylic acids is 1. The highest BCUT2D eigenvalue weighted by atomic mass is 19.1. The Balaban J connectivity index is 1.04. The number of rotatable bonds is 7. The monoisotopic (exact) mass is 912 g/mol. The van der Waals surface area contributed by atoms with Crippen LogP contribution >= 0.6 is 0 Å². The Morgan fingerprint density at radius 2 is 1.67 bits per heavy atom. The third-order valence-electron chi connectivity index (χ3n) is 15.0. The average Bonchev–Trinajstić information content (AvgIpc) is 4.02. The zero-order valence-electron chi connectivity index (χ0n) is 37.7. The van der Waals surface area contributed by atoms with Crippen LogP contribution in [0, 0.1) is 31.4 Å². The largest absolute Gasteiger partial charge is 0.438 e. The predicted octanol–water partition coefficient (Wildman–Crippen LogP) is 8.05. The Labute approximate surface area is 380 Å². The van der Waals surface area contributed by atoms with E-state index in [0.717, 1.165) is 29.3 Å². The van der Waals surface area contributed by atoms with Crippen molar-refractivity contribution in [2.75, 3.05) is 6.61 Å². The van der Waals surface area contributed by atoms with E-state index in [-0.39, 0.29) is 51.5 Å². The fourth-order valence-electron chi connectivity index (χ4n) is 11.7. The second-order valence-corrected chi connectivity index (χ2v) is 19.6. The van der Waals surface area contributed by atoms with Crippen molar-refractivity contribution in [3.63, 3.8) is 0 Å². The quantitative estimate of drug-likeness (QED) is 0.168. The second-order valence-electron chi connectivity index (χ2n) is 19.6. The Morgan fingerprint density at radius 1 is 0.925 bits per heavy atom. The molecule has 8 heterocycles. The van der Waals surface area contributed by atoms with Gasteiger partial charge in [0.2, 0.25) is 0 Å². The first-order valence-electron chi connectivity index (χ1n) is 22.7. The molecule has 2 bridgehead atoms. The van der Waals surface area contributed by atoms with Crippen LogP contribution in [0.25, 0.3) is 39.0 Å². The number of halogens is 3. The number of aromatic amines is 1. The van der Waals surface area contributed by atoms with Gasteiger partial charge in [-0.1, -0.05) is 18.1 Å². The fourth-order valence-corrected chi connectivity index (χ4v) is 11.7. The van der Waals surface area contributed by atoms with Crippen molar-refractivity contribution < 1.29 is 27.2 Å². The molecule has 3 aromatic carbocycles. The van der Waals surface area contributed by atoms with Crippen LogP contribution in [-0.2, 0) is 17.3 Å². The van der Waals surface area contributed by atoms with E-state index in [9.17, 15) is 9.59 Å². The number of carbonyl (C=O) groups is 1. The molecule has 5 aromatic heterocycles. The fraction of sp³-hybridized carbons (Fsp3) is 0.388. The van der Waals surface area contributed by atoms with E-state index in [1.807, 2.05) is 23.6 Å². The summed E-state index contributed by atoms with van der Waals surface area (Å²) in [6, 6.07) is 12.7. The molecule has 4 aliphatic rings. The zero-order chi connectivity index (χ0) is 46.6. The number of nitrogens with one attached hydrogen (secondary N) is 1. The van der Waals surface area contributed by atoms with Gasteiger partial charge in [0.25, 0.3) is 5.91 Å². The molecule has 0 radical (unpaired) electrons. The maximum atomic E-state index is 17.7. The minimum atomic E-state index is -1.79. The summed E-state index contributed by atoms with van der Waals surface area (Å²) in [5, 5.41) is 14.2. The molecule has 1 aliphatic carbocycles. The molecule has 3 fully saturated rings. The lowest BCUT2D eigenvalue weighted by atomic mass is 9.83. The van der Waals surface area contributed by atoms with Gasteiger partial charge in [-0.2, -0.15) is 10.2 Å². The number of imidazole rings is 1. The van der Waals surface area contributed by atoms with Crippen LogP contribution in [-0.4, -0.2) is 72.5 Å². The summed E-state index contributed by atoms with van der Waals surface area (Å²) in [6.07, 6.45) is 5.36. The number of aryl methyl sites for hydroxylation is 3. The summed E-state index contributed by atoms with van der Waals surface area (Å²) in [6.45, 7) is 10.0. The summed E-state index contributed by atoms with van der Waals surface area (Å²) in [7, 11) is 1.69. The molecule has 1 N–H and O–H groups in total. The van der Waals surface area contributed by atoms with E-state index in [0.29, 0.717) is 53.8 Å². The van der Waals surface area contributed by atoms with Crippen LogP contribution < -0.4 is 11.4 Å². The molecule has 1 amide bonds. The summed E-state index contributed by atoms with van der Waals surface area (Å²) in [5.41, 5.74) is 2.11. The van der Waals surface area contributed by atoms with Gasteiger partial charge in [-0.25, -0.2) is 27.4 Å². The number of amides is 1. The number of aromatic nitrogens is 9. The summed E-state index contributed by atoms with van der Waals surface area (Å²) in [5.74, 6) is -1.65. The minimum Gasteiger partial charge on any atom is -0.376 e. The van der Waals surface area contributed by atoms with Crippen molar-refractivity contribution in [2.45, 2.75) is 102 Å². The average molecular weight is 913 g/mol. The van der Waals surface area contributed by atoms with E-state index in [2.05, 4.69) is 41.2 Å². The van der Waals surface area contributed by atoms with E-state index < -0.39 is 52.8 Å². The van der Waals surface area contributed by atoms with Crippen LogP contribution in [0.15, 0.2) is 81.2 Å². The Hall–Kier alpha value is -6.95. The maximum Gasteiger partial charge on any atom is 0.438 e. The highest BCUT2D eigenvalue weighted by Gasteiger charge is 2.60. The lowest BCUT2D eigenvalue weighted by molar-refractivity contribution is -0.0592. The first kappa shape index (κ1) is 41.5. The molecule has 8 aromatic rings. The Kier molecular flexibility index (Phi) is 8.84. The zero-order valence-corrected chi connectivity index (χ0v) is 37.7. The normalized spacial score (nSPS) is 24.3. The van der Waals surface area contributed by atoms with Crippen molar-refractivity contribution in [1.82, 2.24) is 48.3 Å². The second kappa shape index (κ2) is 14.3. The molecule has 1 saturated carbocycles. The lowest BCUT2D eigenvalue weighted by Crippen LogP contribution is -2.45. The minimum absolute atomic E-state index is 0.0213. The maximum absolute atomic E-state index is 17.7. The number of benzene rings is 3. The van der Waals surface area contributed by atoms with Crippen LogP contribution in [0.1, 0.15) is 115 Å². The van der Waals surface area contributed by atoms with Gasteiger partial charge in [-0.15, -0.1) is 0 Å². The topological polar surface area (TPSA) is 156 Å². The van der Waals surface area contributed by atoms with Gasteiger partial charge >= 0.3 is 11.4 Å². The third-order valence-corrected chi connectivity index (χ3v) is 15.0. The molecule has 6 atom stereocenters. The molecular formula is C49H47F3N10O5. The van der Waals surface area contributed by atoms with Gasteiger partial charge in [-0.3, -0.25) is 28.1 Å². The van der Waals surface area contributed by atoms with Crippen molar-refractivity contribution >= 4 is 27.7 Å². The highest BCUT2D eigenvalue weighted by molar-refractivity contribution is 6.00. The predicted molar refractivity (Wildman–Crippen MR) is 240 cm³/mol. The van der Waals surface area contributed by atoms with Crippen LogP contribution in [0.4, 0.5) is 13.2 Å². The van der Waals surface area contributed by atoms with Crippen molar-refractivity contribution in [2.24, 2.45) is 13.0 Å². The molecule has 67 heavy (non-hydrogen) atoms. The molecule has 2 saturated heterocycles. The van der Waals surface area contributed by atoms with E-state index >= 15 is 18.0 Å². The number of ether oxygens (including phenoxy) is 1. The first-order chi connectivity index (χ1) is 32.1.